The quantitative estimate of drug-likeness (QED) is 0.142. The molecule has 5 nitrogen and oxygen atoms in total. The second kappa shape index (κ2) is 31.0. The molecule has 0 atom stereocenters. The molecule has 92 heavy (non-hydrogen) atoms. The Hall–Kier alpha value is -8.15. The number of nitrogens with zero attached hydrogens (tertiary/aromatic N) is 5. The first kappa shape index (κ1) is 61.4. The topological polar surface area (TPSA) is 19.4 Å². The zero-order chi connectivity index (χ0) is 75.2. The van der Waals surface area contributed by atoms with E-state index in [0.29, 0.717) is 22.1 Å². The first-order valence-corrected chi connectivity index (χ1v) is 32.5. The molecular formula is C87H114N5+5. The van der Waals surface area contributed by atoms with E-state index in [1.165, 1.54) is 112 Å². The van der Waals surface area contributed by atoms with E-state index in [4.69, 9.17) is 11.0 Å². The Bertz CT molecular complexity index is 4560. The Morgan fingerprint density at radius 1 is 0.304 bits per heavy atom. The molecule has 0 unspecified atom stereocenters. The van der Waals surface area contributed by atoms with E-state index >= 15 is 0 Å². The normalized spacial score (nSPS) is 12.8. The lowest BCUT2D eigenvalue weighted by atomic mass is 9.88. The highest BCUT2D eigenvalue weighted by Crippen LogP contribution is 2.31. The minimum absolute atomic E-state index is 0.322. The van der Waals surface area contributed by atoms with Crippen LogP contribution in [0.3, 0.4) is 0 Å². The fourth-order valence-electron chi connectivity index (χ4n) is 12.0. The van der Waals surface area contributed by atoms with E-state index in [-0.39, 0.29) is 0 Å². The maximum Gasteiger partial charge on any atom is 0.213 e. The van der Waals surface area contributed by atoms with Gasteiger partial charge in [-0.25, -0.2) is 22.8 Å². The van der Waals surface area contributed by atoms with E-state index < -0.39 is 25.5 Å². The van der Waals surface area contributed by atoms with Crippen LogP contribution >= 0.6 is 0 Å². The van der Waals surface area contributed by atoms with Crippen LogP contribution in [0, 0.1) is 128 Å². The summed E-state index contributed by atoms with van der Waals surface area (Å²) in [4.78, 5) is 0. The fraction of sp³-hybridized carbons (Fsp3) is 0.368. The van der Waals surface area contributed by atoms with Gasteiger partial charge in [-0.3, -0.25) is 0 Å². The maximum absolute atomic E-state index is 8.39. The molecule has 0 saturated carbocycles. The van der Waals surface area contributed by atoms with Crippen LogP contribution in [0.4, 0.5) is 0 Å². The lowest BCUT2D eigenvalue weighted by molar-refractivity contribution is -0.661. The summed E-state index contributed by atoms with van der Waals surface area (Å²) in [7, 11) is 10.2. The Balaban J connectivity index is 0.000000198. The average Bonchev–Trinajstić information content (AvgIpc) is 0.785. The van der Waals surface area contributed by atoms with Crippen molar-refractivity contribution in [2.45, 2.75) is 172 Å². The second-order valence-corrected chi connectivity index (χ2v) is 28.2. The molecule has 0 N–H and O–H groups in total. The zero-order valence-electron chi connectivity index (χ0n) is 69.0. The summed E-state index contributed by atoms with van der Waals surface area (Å²) in [5.74, 6) is 0. The molecular weight excluding hydrogens is 1110 g/mol. The SMILES string of the molecule is Cc1cc(-c2ccc(C)c(C)c2C)[n+](C)cc1C.Cc1cc(C)c(-c2cc(C)c(C)c[n+]2C)c(C)c1.Cc1ccccc1-c1ccc(CC(C)(C)C)c[n+]1C.[2H]C([2H])([2H])c1c[n+](C)c(-c2ccc(C([2H])([2H])[2H])c(C)c2C)cc1C.[2H]C([2H])(c1ccc(-c2ccccc2C)[n+](C)c1)C(C)(C)C. The molecule has 0 aliphatic heterocycles. The lowest BCUT2D eigenvalue weighted by Gasteiger charge is -2.17. The van der Waals surface area contributed by atoms with Gasteiger partial charge in [0.25, 0.3) is 0 Å². The van der Waals surface area contributed by atoms with Crippen LogP contribution in [0.2, 0.25) is 0 Å². The third-order valence-corrected chi connectivity index (χ3v) is 17.7. The molecule has 10 rings (SSSR count). The third-order valence-electron chi connectivity index (χ3n) is 17.7. The van der Waals surface area contributed by atoms with Gasteiger partial charge in [0, 0.05) is 91.4 Å². The second-order valence-electron chi connectivity index (χ2n) is 28.2. The molecule has 5 aromatic heterocycles. The van der Waals surface area contributed by atoms with Gasteiger partial charge in [0.05, 0.1) is 5.56 Å². The predicted octanol–water partition coefficient (Wildman–Crippen LogP) is 19.3. The highest BCUT2D eigenvalue weighted by molar-refractivity contribution is 5.68. The summed E-state index contributed by atoms with van der Waals surface area (Å²) in [6.45, 7) is 39.9. The monoisotopic (exact) mass is 1240 g/mol. The average molecular weight is 1240 g/mol. The summed E-state index contributed by atoms with van der Waals surface area (Å²) in [6.07, 6.45) is 9.96. The fourth-order valence-corrected chi connectivity index (χ4v) is 12.0. The van der Waals surface area contributed by atoms with Gasteiger partial charge in [0.1, 0.15) is 35.2 Å². The molecule has 0 fully saturated rings. The van der Waals surface area contributed by atoms with Crippen molar-refractivity contribution in [2.24, 2.45) is 46.1 Å². The minimum atomic E-state index is -2.16. The van der Waals surface area contributed by atoms with Crippen molar-refractivity contribution in [2.75, 3.05) is 0 Å². The van der Waals surface area contributed by atoms with E-state index in [2.05, 4.69) is 242 Å². The molecule has 0 radical (unpaired) electrons. The molecule has 5 heteroatoms. The smallest absolute Gasteiger partial charge is 0.201 e. The van der Waals surface area contributed by atoms with Crippen molar-refractivity contribution in [1.29, 1.82) is 0 Å². The van der Waals surface area contributed by atoms with E-state index in [1.54, 1.807) is 36.9 Å². The van der Waals surface area contributed by atoms with Gasteiger partial charge < -0.3 is 0 Å². The molecule has 0 saturated heterocycles. The summed E-state index contributed by atoms with van der Waals surface area (Å²) < 4.78 is 73.0. The molecule has 0 bridgehead atoms. The number of pyridine rings is 5. The Morgan fingerprint density at radius 3 is 1.12 bits per heavy atom. The van der Waals surface area contributed by atoms with E-state index in [9.17, 15) is 0 Å². The zero-order valence-corrected chi connectivity index (χ0v) is 61.0. The Kier molecular flexibility index (Phi) is 20.7. The predicted molar refractivity (Wildman–Crippen MR) is 392 cm³/mol. The van der Waals surface area contributed by atoms with Crippen molar-refractivity contribution < 1.29 is 33.8 Å². The largest absolute Gasteiger partial charge is 0.213 e. The summed E-state index contributed by atoms with van der Waals surface area (Å²) >= 11 is 0. The third kappa shape index (κ3) is 19.0. The van der Waals surface area contributed by atoms with Crippen molar-refractivity contribution in [3.05, 3.63) is 264 Å². The molecule has 0 aliphatic rings. The number of benzene rings is 5. The number of aromatic nitrogens is 5. The first-order valence-electron chi connectivity index (χ1n) is 36.5. The van der Waals surface area contributed by atoms with Gasteiger partial charge in [0.2, 0.25) is 28.5 Å². The minimum Gasteiger partial charge on any atom is -0.201 e. The number of aryl methyl sites for hydroxylation is 18. The van der Waals surface area contributed by atoms with Crippen LogP contribution in [0.1, 0.15) is 158 Å². The van der Waals surface area contributed by atoms with Gasteiger partial charge in [-0.2, -0.15) is 0 Å². The number of rotatable bonds is 7. The van der Waals surface area contributed by atoms with E-state index in [1.807, 2.05) is 82.8 Å². The van der Waals surface area contributed by atoms with Gasteiger partial charge in [0.15, 0.2) is 31.0 Å². The molecule has 482 valence electrons. The molecule has 5 aromatic carbocycles. The van der Waals surface area contributed by atoms with Crippen LogP contribution in [0.25, 0.3) is 56.3 Å². The van der Waals surface area contributed by atoms with Gasteiger partial charge in [-0.15, -0.1) is 0 Å². The van der Waals surface area contributed by atoms with Crippen LogP contribution in [-0.4, -0.2) is 0 Å². The van der Waals surface area contributed by atoms with Gasteiger partial charge in [-0.05, 0) is 250 Å². The number of hydrogen-bond donors (Lipinski definition) is 0. The van der Waals surface area contributed by atoms with Gasteiger partial charge in [-0.1, -0.05) is 108 Å². The van der Waals surface area contributed by atoms with E-state index in [0.717, 1.165) is 40.1 Å². The van der Waals surface area contributed by atoms with Gasteiger partial charge >= 0.3 is 0 Å². The van der Waals surface area contributed by atoms with Crippen LogP contribution < -0.4 is 22.8 Å². The first-order chi connectivity index (χ1) is 46.2. The highest BCUT2D eigenvalue weighted by Gasteiger charge is 2.22. The molecule has 0 aliphatic carbocycles. The van der Waals surface area contributed by atoms with Crippen LogP contribution in [0.5, 0.6) is 0 Å². The van der Waals surface area contributed by atoms with Crippen molar-refractivity contribution in [3.8, 4) is 56.3 Å². The summed E-state index contributed by atoms with van der Waals surface area (Å²) in [6, 6.07) is 44.1. The van der Waals surface area contributed by atoms with Crippen LogP contribution in [-0.2, 0) is 48.0 Å². The maximum atomic E-state index is 8.39. The lowest BCUT2D eigenvalue weighted by Crippen LogP contribution is -2.32. The standard InChI is InChI=1S/2C18H24N.3C17H22N/c2*1-14-8-6-7-9-16(14)17-11-10-15(13-19(17)5)12-18(2,3)4;1-11-7-13(3)17(14(4)8-11)16-9-12(2)15(5)10-18(16)6;2*1-11-7-8-16(15(5)14(11)4)17-9-12(2)13(3)10-18(17)6/h2*6-11,13H,12H2,1-5H3;3*7-10H,1-6H3/q5*+1/i12D2;;;1D3,3D3;. The summed E-state index contributed by atoms with van der Waals surface area (Å²) in [5.41, 5.74) is 33.0. The Morgan fingerprint density at radius 2 is 0.685 bits per heavy atom. The number of hydrogen-bond acceptors (Lipinski definition) is 0. The Labute approximate surface area is 569 Å². The van der Waals surface area contributed by atoms with Crippen molar-refractivity contribution in [1.82, 2.24) is 0 Å². The molecule has 0 amide bonds. The molecule has 0 spiro atoms. The molecule has 5 heterocycles. The van der Waals surface area contributed by atoms with Crippen molar-refractivity contribution >= 4 is 0 Å². The van der Waals surface area contributed by atoms with Crippen molar-refractivity contribution in [3.63, 3.8) is 0 Å². The molecule has 10 aromatic rings. The summed E-state index contributed by atoms with van der Waals surface area (Å²) in [5, 5.41) is 0. The van der Waals surface area contributed by atoms with Crippen LogP contribution in [0.15, 0.2) is 158 Å². The highest BCUT2D eigenvalue weighted by atomic mass is 14.9.